The van der Waals surface area contributed by atoms with Crippen molar-refractivity contribution < 1.29 is 32.2 Å². The molecule has 1 N–H and O–H groups in total. The maximum absolute atomic E-state index is 12.8. The number of hydrogen-bond acceptors (Lipinski definition) is 4. The van der Waals surface area contributed by atoms with Crippen LogP contribution in [0.5, 0.6) is 5.75 Å². The van der Waals surface area contributed by atoms with Crippen LogP contribution in [0.2, 0.25) is 5.02 Å². The first-order valence-electron chi connectivity index (χ1n) is 7.19. The van der Waals surface area contributed by atoms with Gasteiger partial charge in [-0.3, -0.25) is 4.79 Å². The Labute approximate surface area is 151 Å². The van der Waals surface area contributed by atoms with Gasteiger partial charge in [-0.1, -0.05) is 23.7 Å². The van der Waals surface area contributed by atoms with E-state index in [1.165, 1.54) is 25.3 Å². The van der Waals surface area contributed by atoms with Crippen LogP contribution in [0.1, 0.15) is 15.9 Å². The summed E-state index contributed by atoms with van der Waals surface area (Å²) < 4.78 is 48.3. The van der Waals surface area contributed by atoms with Crippen molar-refractivity contribution in [2.75, 3.05) is 19.0 Å². The number of carbonyl (C=O) groups excluding carboxylic acids is 2. The van der Waals surface area contributed by atoms with Crippen molar-refractivity contribution >= 4 is 29.2 Å². The molecule has 0 atom stereocenters. The van der Waals surface area contributed by atoms with Crippen LogP contribution in [-0.2, 0) is 15.7 Å². The van der Waals surface area contributed by atoms with Crippen LogP contribution >= 0.6 is 11.6 Å². The minimum absolute atomic E-state index is 0.0865. The van der Waals surface area contributed by atoms with E-state index in [1.807, 2.05) is 0 Å². The number of alkyl halides is 3. The average Bonchev–Trinajstić information content (AvgIpc) is 2.60. The molecule has 0 saturated carbocycles. The predicted molar refractivity (Wildman–Crippen MR) is 88.4 cm³/mol. The summed E-state index contributed by atoms with van der Waals surface area (Å²) in [5.41, 5.74) is -1.03. The lowest BCUT2D eigenvalue weighted by molar-refractivity contribution is -0.137. The molecule has 5 nitrogen and oxygen atoms in total. The molecule has 0 aliphatic heterocycles. The quantitative estimate of drug-likeness (QED) is 0.782. The van der Waals surface area contributed by atoms with Gasteiger partial charge in [0.2, 0.25) is 0 Å². The van der Waals surface area contributed by atoms with Gasteiger partial charge in [0.25, 0.3) is 5.91 Å². The number of amides is 1. The minimum atomic E-state index is -4.65. The van der Waals surface area contributed by atoms with Gasteiger partial charge < -0.3 is 14.8 Å². The van der Waals surface area contributed by atoms with Gasteiger partial charge in [0.15, 0.2) is 6.61 Å². The van der Waals surface area contributed by atoms with Crippen molar-refractivity contribution in [2.24, 2.45) is 0 Å². The molecule has 9 heteroatoms. The lowest BCUT2D eigenvalue weighted by Gasteiger charge is -2.13. The van der Waals surface area contributed by atoms with Crippen LogP contribution in [0.15, 0.2) is 42.5 Å². The molecule has 0 spiro atoms. The minimum Gasteiger partial charge on any atom is -0.483 e. The zero-order valence-corrected chi connectivity index (χ0v) is 14.1. The number of carbonyl (C=O) groups is 2. The second kappa shape index (κ2) is 8.09. The molecule has 0 fully saturated rings. The molecule has 0 bridgehead atoms. The Hall–Kier alpha value is -2.74. The Morgan fingerprint density at radius 3 is 2.50 bits per heavy atom. The third-order valence-electron chi connectivity index (χ3n) is 3.21. The molecule has 2 aromatic carbocycles. The van der Waals surface area contributed by atoms with E-state index in [9.17, 15) is 22.8 Å². The van der Waals surface area contributed by atoms with Crippen molar-refractivity contribution in [1.29, 1.82) is 0 Å². The predicted octanol–water partition coefficient (Wildman–Crippen LogP) is 4.16. The molecule has 26 heavy (non-hydrogen) atoms. The van der Waals surface area contributed by atoms with Gasteiger partial charge in [-0.2, -0.15) is 13.2 Å². The third-order valence-corrected chi connectivity index (χ3v) is 3.54. The summed E-state index contributed by atoms with van der Waals surface area (Å²) in [6.45, 7) is -0.516. The number of methoxy groups -OCH3 is 1. The SMILES string of the molecule is COC(=O)c1ccccc1OCC(=O)Nc1ccc(Cl)c(C(F)(F)F)c1. The Morgan fingerprint density at radius 2 is 1.85 bits per heavy atom. The summed E-state index contributed by atoms with van der Waals surface area (Å²) in [4.78, 5) is 23.5. The molecular weight excluding hydrogens is 375 g/mol. The van der Waals surface area contributed by atoms with E-state index >= 15 is 0 Å². The van der Waals surface area contributed by atoms with E-state index in [0.717, 1.165) is 12.1 Å². The van der Waals surface area contributed by atoms with Crippen LogP contribution in [0, 0.1) is 0 Å². The van der Waals surface area contributed by atoms with Crippen molar-refractivity contribution in [3.8, 4) is 5.75 Å². The van der Waals surface area contributed by atoms with Crippen LogP contribution in [0.25, 0.3) is 0 Å². The van der Waals surface area contributed by atoms with Crippen LogP contribution < -0.4 is 10.1 Å². The van der Waals surface area contributed by atoms with Crippen molar-refractivity contribution in [2.45, 2.75) is 6.18 Å². The number of ether oxygens (including phenoxy) is 2. The molecule has 0 saturated heterocycles. The first-order valence-corrected chi connectivity index (χ1v) is 7.57. The van der Waals surface area contributed by atoms with Gasteiger partial charge in [-0.05, 0) is 30.3 Å². The number of hydrogen-bond donors (Lipinski definition) is 1. The van der Waals surface area contributed by atoms with E-state index < -0.39 is 35.2 Å². The highest BCUT2D eigenvalue weighted by Crippen LogP contribution is 2.36. The zero-order chi connectivity index (χ0) is 19.3. The van der Waals surface area contributed by atoms with Crippen LogP contribution in [0.4, 0.5) is 18.9 Å². The standard InChI is InChI=1S/C17H13ClF3NO4/c1-25-16(24)11-4-2-3-5-14(11)26-9-15(23)22-10-6-7-13(18)12(8-10)17(19,20)21/h2-8H,9H2,1H3,(H,22,23). The van der Waals surface area contributed by atoms with E-state index in [4.69, 9.17) is 16.3 Å². The number of esters is 1. The molecule has 0 aromatic heterocycles. The second-order valence-electron chi connectivity index (χ2n) is 5.02. The monoisotopic (exact) mass is 387 g/mol. The molecule has 138 valence electrons. The fourth-order valence-electron chi connectivity index (χ4n) is 2.03. The Balaban J connectivity index is 2.06. The van der Waals surface area contributed by atoms with Crippen LogP contribution in [-0.4, -0.2) is 25.6 Å². The Morgan fingerprint density at radius 1 is 1.15 bits per heavy atom. The molecule has 0 heterocycles. The lowest BCUT2D eigenvalue weighted by atomic mass is 10.2. The van der Waals surface area contributed by atoms with Gasteiger partial charge in [0.1, 0.15) is 11.3 Å². The average molecular weight is 388 g/mol. The smallest absolute Gasteiger partial charge is 0.417 e. The van der Waals surface area contributed by atoms with E-state index in [2.05, 4.69) is 10.1 Å². The molecule has 1 amide bonds. The van der Waals surface area contributed by atoms with Gasteiger partial charge >= 0.3 is 12.1 Å². The lowest BCUT2D eigenvalue weighted by Crippen LogP contribution is -2.21. The van der Waals surface area contributed by atoms with Gasteiger partial charge in [-0.15, -0.1) is 0 Å². The molecule has 2 aromatic rings. The molecular formula is C17H13ClF3NO4. The number of anilines is 1. The Bertz CT molecular complexity index is 824. The van der Waals surface area contributed by atoms with E-state index in [-0.39, 0.29) is 17.0 Å². The summed E-state index contributed by atoms with van der Waals surface area (Å²) in [6, 6.07) is 9.09. The highest BCUT2D eigenvalue weighted by Gasteiger charge is 2.33. The normalized spacial score (nSPS) is 11.0. The maximum atomic E-state index is 12.8. The topological polar surface area (TPSA) is 64.6 Å². The first kappa shape index (κ1) is 19.6. The summed E-state index contributed by atoms with van der Waals surface area (Å²) in [7, 11) is 1.20. The first-order chi connectivity index (χ1) is 12.2. The second-order valence-corrected chi connectivity index (χ2v) is 5.42. The molecule has 0 aliphatic carbocycles. The van der Waals surface area contributed by atoms with Crippen LogP contribution in [0.3, 0.4) is 0 Å². The number of halogens is 4. The largest absolute Gasteiger partial charge is 0.483 e. The Kier molecular flexibility index (Phi) is 6.10. The molecule has 0 aliphatic rings. The summed E-state index contributed by atoms with van der Waals surface area (Å²) >= 11 is 5.52. The summed E-state index contributed by atoms with van der Waals surface area (Å²) in [5.74, 6) is -1.24. The van der Waals surface area contributed by atoms with Gasteiger partial charge in [0, 0.05) is 5.69 Å². The van der Waals surface area contributed by atoms with Crippen molar-refractivity contribution in [3.63, 3.8) is 0 Å². The number of rotatable bonds is 5. The van der Waals surface area contributed by atoms with Gasteiger partial charge in [0.05, 0.1) is 17.7 Å². The van der Waals surface area contributed by atoms with Crippen molar-refractivity contribution in [3.05, 3.63) is 58.6 Å². The highest BCUT2D eigenvalue weighted by atomic mass is 35.5. The fourth-order valence-corrected chi connectivity index (χ4v) is 2.26. The van der Waals surface area contributed by atoms with Gasteiger partial charge in [-0.25, -0.2) is 4.79 Å². The fraction of sp³-hybridized carbons (Fsp3) is 0.176. The molecule has 0 radical (unpaired) electrons. The maximum Gasteiger partial charge on any atom is 0.417 e. The zero-order valence-electron chi connectivity index (χ0n) is 13.4. The number of para-hydroxylation sites is 1. The summed E-state index contributed by atoms with van der Waals surface area (Å²) in [6.07, 6.45) is -4.65. The summed E-state index contributed by atoms with van der Waals surface area (Å²) in [5, 5.41) is 1.80. The number of benzene rings is 2. The molecule has 0 unspecified atom stereocenters. The van der Waals surface area contributed by atoms with E-state index in [0.29, 0.717) is 0 Å². The number of nitrogens with one attached hydrogen (secondary N) is 1. The highest BCUT2D eigenvalue weighted by molar-refractivity contribution is 6.31. The van der Waals surface area contributed by atoms with E-state index in [1.54, 1.807) is 12.1 Å². The van der Waals surface area contributed by atoms with Crippen molar-refractivity contribution in [1.82, 2.24) is 0 Å². The third kappa shape index (κ3) is 4.89. The molecule has 2 rings (SSSR count).